The average molecular weight is 418 g/mol. The highest BCUT2D eigenvalue weighted by Gasteiger charge is 2.31. The van der Waals surface area contributed by atoms with Crippen LogP contribution in [0.1, 0.15) is 33.5 Å². The Hall–Kier alpha value is -2.59. The van der Waals surface area contributed by atoms with E-state index >= 15 is 0 Å². The first kappa shape index (κ1) is 18.8. The Kier molecular flexibility index (Phi) is 4.76. The van der Waals surface area contributed by atoms with Crippen molar-refractivity contribution in [1.82, 2.24) is 19.7 Å². The molecule has 1 fully saturated rings. The minimum atomic E-state index is -3.05. The summed E-state index contributed by atoms with van der Waals surface area (Å²) < 4.78 is 25.3. The van der Waals surface area contributed by atoms with Gasteiger partial charge in [0.25, 0.3) is 5.91 Å². The number of sulfone groups is 1. The molecule has 0 aromatic carbocycles. The van der Waals surface area contributed by atoms with Gasteiger partial charge in [0.15, 0.2) is 9.84 Å². The van der Waals surface area contributed by atoms with E-state index in [9.17, 15) is 13.2 Å². The summed E-state index contributed by atoms with van der Waals surface area (Å²) in [7, 11) is -3.05. The Morgan fingerprint density at radius 1 is 1.32 bits per heavy atom. The maximum absolute atomic E-state index is 12.9. The quantitative estimate of drug-likeness (QED) is 0.699. The molecule has 1 amide bonds. The van der Waals surface area contributed by atoms with Crippen molar-refractivity contribution in [1.29, 1.82) is 0 Å². The van der Waals surface area contributed by atoms with Crippen molar-refractivity contribution in [2.75, 3.05) is 16.8 Å². The number of hydrogen-bond acceptors (Lipinski definition) is 7. The van der Waals surface area contributed by atoms with Crippen LogP contribution in [0.25, 0.3) is 10.7 Å². The summed E-state index contributed by atoms with van der Waals surface area (Å²) in [5, 5.41) is 7.95. The third-order valence-electron chi connectivity index (χ3n) is 4.54. The number of rotatable bonds is 4. The molecule has 3 aromatic rings. The normalized spacial score (nSPS) is 18.3. The van der Waals surface area contributed by atoms with Crippen LogP contribution in [0.2, 0.25) is 0 Å². The molecule has 1 N–H and O–H groups in total. The Morgan fingerprint density at radius 3 is 2.82 bits per heavy atom. The number of nitrogens with zero attached hydrogens (tertiary/aromatic N) is 4. The van der Waals surface area contributed by atoms with Crippen LogP contribution >= 0.6 is 11.3 Å². The zero-order valence-electron chi connectivity index (χ0n) is 15.4. The smallest absolute Gasteiger partial charge is 0.268 e. The Bertz CT molecular complexity index is 1140. The van der Waals surface area contributed by atoms with Crippen molar-refractivity contribution in [2.24, 2.45) is 0 Å². The predicted octanol–water partition coefficient (Wildman–Crippen LogP) is 2.63. The van der Waals surface area contributed by atoms with Crippen molar-refractivity contribution in [3.05, 3.63) is 46.7 Å². The summed E-state index contributed by atoms with van der Waals surface area (Å²) in [6.45, 7) is 3.59. The van der Waals surface area contributed by atoms with Gasteiger partial charge in [0.2, 0.25) is 0 Å². The van der Waals surface area contributed by atoms with Crippen LogP contribution in [0.4, 0.5) is 5.82 Å². The summed E-state index contributed by atoms with van der Waals surface area (Å²) >= 11 is 1.27. The number of aromatic nitrogens is 4. The number of anilines is 1. The first-order valence-electron chi connectivity index (χ1n) is 8.79. The van der Waals surface area contributed by atoms with E-state index in [0.29, 0.717) is 33.5 Å². The number of amides is 1. The van der Waals surface area contributed by atoms with Crippen molar-refractivity contribution in [3.63, 3.8) is 0 Å². The SMILES string of the molecule is Cc1cc(NC(=O)c2sc(-c3ccccn3)nc2C)n(C2CCS(=O)(=O)C2)n1. The number of aryl methyl sites for hydroxylation is 2. The Morgan fingerprint density at radius 2 is 2.14 bits per heavy atom. The molecule has 1 atom stereocenters. The maximum atomic E-state index is 12.9. The molecule has 0 bridgehead atoms. The third-order valence-corrected chi connectivity index (χ3v) is 7.47. The van der Waals surface area contributed by atoms with Gasteiger partial charge in [-0.2, -0.15) is 5.10 Å². The van der Waals surface area contributed by atoms with Crippen LogP contribution in [0, 0.1) is 13.8 Å². The molecule has 28 heavy (non-hydrogen) atoms. The number of pyridine rings is 1. The van der Waals surface area contributed by atoms with Gasteiger partial charge in [-0.1, -0.05) is 6.07 Å². The highest BCUT2D eigenvalue weighted by Crippen LogP contribution is 2.29. The summed E-state index contributed by atoms with van der Waals surface area (Å²) in [6, 6.07) is 7.03. The van der Waals surface area contributed by atoms with Gasteiger partial charge in [0.1, 0.15) is 15.7 Å². The molecule has 4 heterocycles. The van der Waals surface area contributed by atoms with Gasteiger partial charge >= 0.3 is 0 Å². The fourth-order valence-electron chi connectivity index (χ4n) is 3.24. The largest absolute Gasteiger partial charge is 0.306 e. The van der Waals surface area contributed by atoms with Gasteiger partial charge in [-0.05, 0) is 32.4 Å². The van der Waals surface area contributed by atoms with Gasteiger partial charge in [-0.3, -0.25) is 9.78 Å². The van der Waals surface area contributed by atoms with Crippen molar-refractivity contribution in [2.45, 2.75) is 26.3 Å². The zero-order valence-corrected chi connectivity index (χ0v) is 17.0. The van der Waals surface area contributed by atoms with Crippen LogP contribution < -0.4 is 5.32 Å². The molecule has 1 saturated heterocycles. The fourth-order valence-corrected chi connectivity index (χ4v) is 5.87. The molecular weight excluding hydrogens is 398 g/mol. The number of hydrogen-bond donors (Lipinski definition) is 1. The topological polar surface area (TPSA) is 107 Å². The van der Waals surface area contributed by atoms with Crippen LogP contribution in [0.3, 0.4) is 0 Å². The minimum absolute atomic E-state index is 0.0421. The van der Waals surface area contributed by atoms with Crippen LogP contribution in [-0.4, -0.2) is 45.6 Å². The Labute approximate surface area is 166 Å². The first-order chi connectivity index (χ1) is 13.3. The summed E-state index contributed by atoms with van der Waals surface area (Å²) in [5.74, 6) is 0.391. The second kappa shape index (κ2) is 7.10. The number of carbonyl (C=O) groups is 1. The molecule has 0 radical (unpaired) electrons. The van der Waals surface area contributed by atoms with Crippen LogP contribution in [0.15, 0.2) is 30.5 Å². The molecule has 1 aliphatic rings. The molecule has 1 aliphatic heterocycles. The first-order valence-corrected chi connectivity index (χ1v) is 11.4. The van der Waals surface area contributed by atoms with Crippen molar-refractivity contribution < 1.29 is 13.2 Å². The van der Waals surface area contributed by atoms with E-state index in [1.807, 2.05) is 25.1 Å². The van der Waals surface area contributed by atoms with Gasteiger partial charge in [-0.15, -0.1) is 11.3 Å². The summed E-state index contributed by atoms with van der Waals surface area (Å²) in [5.41, 5.74) is 2.05. The van der Waals surface area contributed by atoms with Crippen molar-refractivity contribution >= 4 is 32.9 Å². The third kappa shape index (κ3) is 3.69. The second-order valence-electron chi connectivity index (χ2n) is 6.78. The lowest BCUT2D eigenvalue weighted by molar-refractivity contribution is 0.102. The van der Waals surface area contributed by atoms with E-state index < -0.39 is 9.84 Å². The molecule has 4 rings (SSSR count). The maximum Gasteiger partial charge on any atom is 0.268 e. The highest BCUT2D eigenvalue weighted by atomic mass is 32.2. The number of thiazole rings is 1. The molecule has 10 heteroatoms. The van der Waals surface area contributed by atoms with E-state index in [0.717, 1.165) is 5.69 Å². The number of nitrogens with one attached hydrogen (secondary N) is 1. The molecule has 1 unspecified atom stereocenters. The fraction of sp³-hybridized carbons (Fsp3) is 0.333. The summed E-state index contributed by atoms with van der Waals surface area (Å²) in [4.78, 5) is 22.1. The minimum Gasteiger partial charge on any atom is -0.306 e. The molecule has 8 nitrogen and oxygen atoms in total. The van der Waals surface area contributed by atoms with E-state index in [4.69, 9.17) is 0 Å². The van der Waals surface area contributed by atoms with E-state index in [-0.39, 0.29) is 23.5 Å². The molecule has 3 aromatic heterocycles. The predicted molar refractivity (Wildman–Crippen MR) is 107 cm³/mol. The Balaban J connectivity index is 1.59. The standard InChI is InChI=1S/C18H19N5O3S2/c1-11-9-15(23(22-11)13-6-8-28(25,26)10-13)21-17(24)16-12(2)20-18(27-16)14-5-3-4-7-19-14/h3-5,7,9,13H,6,8,10H2,1-2H3,(H,21,24). The van der Waals surface area contributed by atoms with E-state index in [2.05, 4.69) is 20.4 Å². The number of carbonyl (C=O) groups excluding carboxylic acids is 1. The average Bonchev–Trinajstić information content (AvgIpc) is 3.32. The van der Waals surface area contributed by atoms with E-state index in [1.165, 1.54) is 11.3 Å². The molecule has 146 valence electrons. The van der Waals surface area contributed by atoms with Gasteiger partial charge < -0.3 is 5.32 Å². The van der Waals surface area contributed by atoms with Crippen molar-refractivity contribution in [3.8, 4) is 10.7 Å². The molecule has 0 saturated carbocycles. The second-order valence-corrected chi connectivity index (χ2v) is 10.0. The molecule has 0 spiro atoms. The lowest BCUT2D eigenvalue weighted by atomic mass is 10.3. The monoisotopic (exact) mass is 417 g/mol. The zero-order chi connectivity index (χ0) is 19.9. The lowest BCUT2D eigenvalue weighted by Crippen LogP contribution is -2.19. The summed E-state index contributed by atoms with van der Waals surface area (Å²) in [6.07, 6.45) is 2.18. The van der Waals surface area contributed by atoms with Crippen LogP contribution in [-0.2, 0) is 9.84 Å². The molecule has 0 aliphatic carbocycles. The van der Waals surface area contributed by atoms with Gasteiger partial charge in [0.05, 0.1) is 34.6 Å². The lowest BCUT2D eigenvalue weighted by Gasteiger charge is -2.13. The van der Waals surface area contributed by atoms with Crippen LogP contribution in [0.5, 0.6) is 0 Å². The van der Waals surface area contributed by atoms with Gasteiger partial charge in [0, 0.05) is 12.3 Å². The van der Waals surface area contributed by atoms with Gasteiger partial charge in [-0.25, -0.2) is 18.1 Å². The highest BCUT2D eigenvalue weighted by molar-refractivity contribution is 7.91. The molecular formula is C18H19N5O3S2. The van der Waals surface area contributed by atoms with E-state index in [1.54, 1.807) is 23.9 Å².